The quantitative estimate of drug-likeness (QED) is 0.442. The van der Waals surface area contributed by atoms with Crippen LogP contribution in [0.4, 0.5) is 4.79 Å². The molecule has 0 N–H and O–H groups in total. The van der Waals surface area contributed by atoms with Crippen molar-refractivity contribution in [2.24, 2.45) is 0 Å². The minimum atomic E-state index is -0.573. The molecular formula is C24H23NO2. The fourth-order valence-electron chi connectivity index (χ4n) is 2.63. The van der Waals surface area contributed by atoms with Crippen LogP contribution >= 0.6 is 0 Å². The molecule has 0 aliphatic rings. The van der Waals surface area contributed by atoms with Gasteiger partial charge in [0.15, 0.2) is 0 Å². The van der Waals surface area contributed by atoms with E-state index in [2.05, 4.69) is 24.1 Å². The number of benzene rings is 3. The van der Waals surface area contributed by atoms with Crippen molar-refractivity contribution < 1.29 is 9.53 Å². The van der Waals surface area contributed by atoms with Crippen molar-refractivity contribution in [3.8, 4) is 12.0 Å². The third-order valence-corrected chi connectivity index (χ3v) is 3.88. The van der Waals surface area contributed by atoms with Crippen molar-refractivity contribution in [2.45, 2.75) is 32.9 Å². The molecular weight excluding hydrogens is 334 g/mol. The zero-order chi connectivity index (χ0) is 19.3. The molecule has 0 atom stereocenters. The van der Waals surface area contributed by atoms with Crippen molar-refractivity contribution in [3.05, 3.63) is 83.9 Å². The van der Waals surface area contributed by atoms with E-state index in [1.165, 1.54) is 4.90 Å². The van der Waals surface area contributed by atoms with Crippen LogP contribution in [0.25, 0.3) is 10.8 Å². The number of rotatable bonds is 2. The molecule has 0 saturated heterocycles. The van der Waals surface area contributed by atoms with E-state index in [4.69, 9.17) is 4.74 Å². The highest BCUT2D eigenvalue weighted by Crippen LogP contribution is 2.16. The number of amides is 1. The summed E-state index contributed by atoms with van der Waals surface area (Å²) in [6.45, 7) is 5.92. The second kappa shape index (κ2) is 7.97. The van der Waals surface area contributed by atoms with E-state index < -0.39 is 11.7 Å². The van der Waals surface area contributed by atoms with Gasteiger partial charge in [-0.25, -0.2) is 9.69 Å². The number of ether oxygens (including phenoxy) is 1. The molecule has 27 heavy (non-hydrogen) atoms. The Balaban J connectivity index is 1.87. The lowest BCUT2D eigenvalue weighted by Crippen LogP contribution is -2.33. The Morgan fingerprint density at radius 1 is 0.926 bits per heavy atom. The second-order valence-electron chi connectivity index (χ2n) is 7.35. The van der Waals surface area contributed by atoms with Crippen molar-refractivity contribution in [3.63, 3.8) is 0 Å². The lowest BCUT2D eigenvalue weighted by molar-refractivity contribution is 0.0341. The Kier molecular flexibility index (Phi) is 5.47. The molecule has 0 saturated carbocycles. The molecule has 3 aromatic carbocycles. The summed E-state index contributed by atoms with van der Waals surface area (Å²) in [6.07, 6.45) is -0.445. The lowest BCUT2D eigenvalue weighted by atomic mass is 10.1. The SMILES string of the molecule is CC(C)(C)OC(=O)N(C#Cc1ccc2ccccc2c1)Cc1ccccc1. The van der Waals surface area contributed by atoms with Crippen LogP contribution in [0.2, 0.25) is 0 Å². The van der Waals surface area contributed by atoms with Crippen molar-refractivity contribution >= 4 is 16.9 Å². The highest BCUT2D eigenvalue weighted by atomic mass is 16.6. The fraction of sp³-hybridized carbons (Fsp3) is 0.208. The summed E-state index contributed by atoms with van der Waals surface area (Å²) in [7, 11) is 0. The first kappa shape index (κ1) is 18.5. The van der Waals surface area contributed by atoms with Gasteiger partial charge >= 0.3 is 6.09 Å². The van der Waals surface area contributed by atoms with Crippen LogP contribution in [0.15, 0.2) is 72.8 Å². The van der Waals surface area contributed by atoms with E-state index in [1.807, 2.05) is 81.4 Å². The standard InChI is InChI=1S/C24H23NO2/c1-24(2,3)27-23(26)25(18-20-9-5-4-6-10-20)16-15-19-13-14-21-11-7-8-12-22(21)17-19/h4-14,17H,18H2,1-3H3. The first-order valence-corrected chi connectivity index (χ1v) is 8.96. The number of hydrogen-bond acceptors (Lipinski definition) is 2. The van der Waals surface area contributed by atoms with Gasteiger partial charge in [-0.05, 0) is 55.2 Å². The van der Waals surface area contributed by atoms with Gasteiger partial charge in [-0.1, -0.05) is 60.7 Å². The summed E-state index contributed by atoms with van der Waals surface area (Å²) < 4.78 is 5.52. The Morgan fingerprint density at radius 3 is 2.30 bits per heavy atom. The molecule has 0 aromatic heterocycles. The zero-order valence-electron chi connectivity index (χ0n) is 15.9. The van der Waals surface area contributed by atoms with Gasteiger partial charge in [-0.3, -0.25) is 0 Å². The molecule has 3 aromatic rings. The summed E-state index contributed by atoms with van der Waals surface area (Å²) in [6, 6.07) is 26.9. The Bertz CT molecular complexity index is 991. The largest absolute Gasteiger partial charge is 0.443 e. The highest BCUT2D eigenvalue weighted by molar-refractivity contribution is 5.83. The predicted octanol–water partition coefficient (Wildman–Crippen LogP) is 5.59. The van der Waals surface area contributed by atoms with Crippen molar-refractivity contribution in [1.82, 2.24) is 4.90 Å². The summed E-state index contributed by atoms with van der Waals surface area (Å²) in [4.78, 5) is 14.0. The Labute approximate surface area is 160 Å². The van der Waals surface area contributed by atoms with Crippen LogP contribution in [-0.4, -0.2) is 16.6 Å². The van der Waals surface area contributed by atoms with Crippen molar-refractivity contribution in [2.75, 3.05) is 0 Å². The van der Waals surface area contributed by atoms with E-state index in [0.717, 1.165) is 21.9 Å². The van der Waals surface area contributed by atoms with E-state index in [-0.39, 0.29) is 0 Å². The molecule has 1 amide bonds. The van der Waals surface area contributed by atoms with Crippen LogP contribution in [-0.2, 0) is 11.3 Å². The summed E-state index contributed by atoms with van der Waals surface area (Å²) >= 11 is 0. The molecule has 0 aliphatic carbocycles. The molecule has 0 bridgehead atoms. The maximum absolute atomic E-state index is 12.6. The fourth-order valence-corrected chi connectivity index (χ4v) is 2.63. The number of hydrogen-bond donors (Lipinski definition) is 0. The predicted molar refractivity (Wildman–Crippen MR) is 109 cm³/mol. The first-order chi connectivity index (χ1) is 12.9. The van der Waals surface area contributed by atoms with Crippen LogP contribution in [0.5, 0.6) is 0 Å². The van der Waals surface area contributed by atoms with E-state index >= 15 is 0 Å². The normalized spacial score (nSPS) is 10.8. The third kappa shape index (κ3) is 5.36. The number of carbonyl (C=O) groups is 1. The van der Waals surface area contributed by atoms with E-state index in [9.17, 15) is 4.79 Å². The minimum Gasteiger partial charge on any atom is -0.443 e. The first-order valence-electron chi connectivity index (χ1n) is 8.96. The number of nitrogens with zero attached hydrogens (tertiary/aromatic N) is 1. The average Bonchev–Trinajstić information content (AvgIpc) is 2.64. The molecule has 0 fully saturated rings. The van der Waals surface area contributed by atoms with Gasteiger partial charge in [0, 0.05) is 11.6 Å². The van der Waals surface area contributed by atoms with Gasteiger partial charge in [-0.2, -0.15) is 0 Å². The lowest BCUT2D eigenvalue weighted by Gasteiger charge is -2.23. The topological polar surface area (TPSA) is 29.5 Å². The monoisotopic (exact) mass is 357 g/mol. The number of fused-ring (bicyclic) bond motifs is 1. The minimum absolute atomic E-state index is 0.371. The van der Waals surface area contributed by atoms with Crippen LogP contribution < -0.4 is 0 Å². The number of carbonyl (C=O) groups excluding carboxylic acids is 1. The third-order valence-electron chi connectivity index (χ3n) is 3.88. The Morgan fingerprint density at radius 2 is 1.59 bits per heavy atom. The molecule has 0 heterocycles. The Hall–Kier alpha value is -3.25. The molecule has 0 spiro atoms. The van der Waals surface area contributed by atoms with Crippen LogP contribution in [0, 0.1) is 12.0 Å². The van der Waals surface area contributed by atoms with Gasteiger partial charge in [0.25, 0.3) is 0 Å². The van der Waals surface area contributed by atoms with Gasteiger partial charge in [0.2, 0.25) is 0 Å². The van der Waals surface area contributed by atoms with Gasteiger partial charge < -0.3 is 4.74 Å². The van der Waals surface area contributed by atoms with Crippen molar-refractivity contribution in [1.29, 1.82) is 0 Å². The maximum atomic E-state index is 12.6. The molecule has 0 aliphatic heterocycles. The molecule has 0 radical (unpaired) electrons. The van der Waals surface area contributed by atoms with Gasteiger partial charge in [0.1, 0.15) is 5.60 Å². The average molecular weight is 357 g/mol. The van der Waals surface area contributed by atoms with Crippen LogP contribution in [0.3, 0.4) is 0 Å². The zero-order valence-corrected chi connectivity index (χ0v) is 15.9. The molecule has 3 nitrogen and oxygen atoms in total. The molecule has 3 heteroatoms. The van der Waals surface area contributed by atoms with E-state index in [1.54, 1.807) is 0 Å². The highest BCUT2D eigenvalue weighted by Gasteiger charge is 2.21. The molecule has 3 rings (SSSR count). The maximum Gasteiger partial charge on any atom is 0.422 e. The van der Waals surface area contributed by atoms with Gasteiger partial charge in [-0.15, -0.1) is 0 Å². The summed E-state index contributed by atoms with van der Waals surface area (Å²) in [5.41, 5.74) is 1.28. The van der Waals surface area contributed by atoms with Crippen LogP contribution in [0.1, 0.15) is 31.9 Å². The van der Waals surface area contributed by atoms with Gasteiger partial charge in [0.05, 0.1) is 6.54 Å². The molecule has 136 valence electrons. The summed E-state index contributed by atoms with van der Waals surface area (Å²) in [5.74, 6) is 3.10. The van der Waals surface area contributed by atoms with E-state index in [0.29, 0.717) is 6.54 Å². The molecule has 0 unspecified atom stereocenters. The summed E-state index contributed by atoms with van der Waals surface area (Å²) in [5, 5.41) is 2.28. The smallest absolute Gasteiger partial charge is 0.422 e. The second-order valence-corrected chi connectivity index (χ2v) is 7.35.